The summed E-state index contributed by atoms with van der Waals surface area (Å²) >= 11 is 10.1. The maximum absolute atomic E-state index is 6.43. The van der Waals surface area contributed by atoms with E-state index in [0.29, 0.717) is 22.3 Å². The molecule has 46 heavy (non-hydrogen) atoms. The summed E-state index contributed by atoms with van der Waals surface area (Å²) in [5.74, 6) is 1.97. The van der Waals surface area contributed by atoms with Crippen molar-refractivity contribution in [2.24, 2.45) is 0 Å². The van der Waals surface area contributed by atoms with E-state index in [9.17, 15) is 0 Å². The third-order valence-corrected chi connectivity index (χ3v) is 8.80. The van der Waals surface area contributed by atoms with Gasteiger partial charge in [0.25, 0.3) is 0 Å². The average molecular weight is 679 g/mol. The minimum absolute atomic E-state index is 0.562. The lowest BCUT2D eigenvalue weighted by molar-refractivity contribution is 0.483. The van der Waals surface area contributed by atoms with Crippen LogP contribution in [-0.4, -0.2) is 14.5 Å². The Kier molecular flexibility index (Phi) is 7.33. The molecule has 6 aromatic carbocycles. The summed E-state index contributed by atoms with van der Waals surface area (Å²) in [7, 11) is 0. The Bertz CT molecular complexity index is 2310. The van der Waals surface area contributed by atoms with E-state index in [2.05, 4.69) is 105 Å². The van der Waals surface area contributed by atoms with Gasteiger partial charge in [0.2, 0.25) is 0 Å². The third kappa shape index (κ3) is 5.34. The summed E-state index contributed by atoms with van der Waals surface area (Å²) in [4.78, 5) is 10.1. The molecule has 6 heteroatoms. The second-order valence-corrected chi connectivity index (χ2v) is 12.3. The van der Waals surface area contributed by atoms with E-state index in [1.807, 2.05) is 66.7 Å². The van der Waals surface area contributed by atoms with E-state index < -0.39 is 0 Å². The predicted molar refractivity (Wildman–Crippen MR) is 192 cm³/mol. The zero-order chi connectivity index (χ0) is 31.0. The van der Waals surface area contributed by atoms with Crippen molar-refractivity contribution in [3.05, 3.63) is 161 Å². The molecule has 8 rings (SSSR count). The van der Waals surface area contributed by atoms with E-state index >= 15 is 0 Å². The van der Waals surface area contributed by atoms with Gasteiger partial charge in [0.05, 0.1) is 27.4 Å². The molecule has 2 heterocycles. The highest BCUT2D eigenvalue weighted by atomic mass is 79.9. The number of hydrogen-bond donors (Lipinski definition) is 0. The van der Waals surface area contributed by atoms with Crippen LogP contribution in [0.1, 0.15) is 0 Å². The normalized spacial score (nSPS) is 11.3. The van der Waals surface area contributed by atoms with Crippen LogP contribution in [-0.2, 0) is 0 Å². The zero-order valence-corrected chi connectivity index (χ0v) is 26.8. The van der Waals surface area contributed by atoms with Gasteiger partial charge in [-0.05, 0) is 54.6 Å². The van der Waals surface area contributed by atoms with Gasteiger partial charge < -0.3 is 9.30 Å². The quantitative estimate of drug-likeness (QED) is 0.176. The minimum Gasteiger partial charge on any atom is -0.456 e. The molecular formula is C40H25BrClN3O. The van der Waals surface area contributed by atoms with Crippen LogP contribution in [0.15, 0.2) is 156 Å². The Hall–Kier alpha value is -5.23. The maximum atomic E-state index is 6.43. The van der Waals surface area contributed by atoms with E-state index in [-0.39, 0.29) is 0 Å². The van der Waals surface area contributed by atoms with Gasteiger partial charge in [0, 0.05) is 43.7 Å². The summed E-state index contributed by atoms with van der Waals surface area (Å²) in [5.41, 5.74) is 7.81. The highest BCUT2D eigenvalue weighted by molar-refractivity contribution is 9.10. The molecule has 0 aliphatic heterocycles. The Morgan fingerprint density at radius 2 is 1.15 bits per heavy atom. The minimum atomic E-state index is 0.562. The Balaban J connectivity index is 1.31. The summed E-state index contributed by atoms with van der Waals surface area (Å²) < 4.78 is 9.52. The van der Waals surface area contributed by atoms with Gasteiger partial charge in [-0.25, -0.2) is 9.97 Å². The molecule has 0 bridgehead atoms. The summed E-state index contributed by atoms with van der Waals surface area (Å²) in [6, 6.07) is 51.0. The van der Waals surface area contributed by atoms with Crippen LogP contribution in [0.3, 0.4) is 0 Å². The Morgan fingerprint density at radius 3 is 1.85 bits per heavy atom. The number of rotatable bonds is 6. The van der Waals surface area contributed by atoms with Gasteiger partial charge in [-0.3, -0.25) is 0 Å². The lowest BCUT2D eigenvalue weighted by Gasteiger charge is -2.13. The highest BCUT2D eigenvalue weighted by Gasteiger charge is 2.16. The van der Waals surface area contributed by atoms with Crippen molar-refractivity contribution < 1.29 is 4.74 Å². The van der Waals surface area contributed by atoms with Crippen LogP contribution in [0.4, 0.5) is 0 Å². The molecule has 0 unspecified atom stereocenters. The number of nitrogens with zero attached hydrogens (tertiary/aromatic N) is 3. The first-order valence-electron chi connectivity index (χ1n) is 14.9. The molecule has 0 spiro atoms. The van der Waals surface area contributed by atoms with Crippen molar-refractivity contribution in [2.45, 2.75) is 0 Å². The summed E-state index contributed by atoms with van der Waals surface area (Å²) in [6.07, 6.45) is 0. The number of fused-ring (bicyclic) bond motifs is 3. The van der Waals surface area contributed by atoms with Crippen LogP contribution in [0.25, 0.3) is 61.4 Å². The molecule has 0 radical (unpaired) electrons. The molecule has 0 amide bonds. The molecule has 0 atom stereocenters. The SMILES string of the molecule is Clc1ccccc1Oc1ccc2c3ccc(Br)cc3n(-c3cccc(-c4nc(-c5ccccc5)cc(-c5ccccc5)n4)c3)c2c1. The lowest BCUT2D eigenvalue weighted by Crippen LogP contribution is -1.98. The Morgan fingerprint density at radius 1 is 0.543 bits per heavy atom. The highest BCUT2D eigenvalue weighted by Crippen LogP contribution is 2.38. The first kappa shape index (κ1) is 28.3. The van der Waals surface area contributed by atoms with Crippen LogP contribution in [0.2, 0.25) is 5.02 Å². The fourth-order valence-corrected chi connectivity index (χ4v) is 6.36. The fraction of sp³-hybridized carbons (Fsp3) is 0. The molecule has 4 nitrogen and oxygen atoms in total. The molecule has 0 saturated carbocycles. The van der Waals surface area contributed by atoms with Crippen molar-refractivity contribution in [1.82, 2.24) is 14.5 Å². The van der Waals surface area contributed by atoms with Gasteiger partial charge in [0.1, 0.15) is 11.5 Å². The number of benzene rings is 6. The second-order valence-electron chi connectivity index (χ2n) is 11.0. The molecule has 0 N–H and O–H groups in total. The molecule has 0 aliphatic rings. The largest absolute Gasteiger partial charge is 0.456 e. The van der Waals surface area contributed by atoms with E-state index in [0.717, 1.165) is 60.0 Å². The van der Waals surface area contributed by atoms with Gasteiger partial charge in [-0.1, -0.05) is 119 Å². The maximum Gasteiger partial charge on any atom is 0.160 e. The molecule has 0 aliphatic carbocycles. The number of aromatic nitrogens is 3. The zero-order valence-electron chi connectivity index (χ0n) is 24.4. The monoisotopic (exact) mass is 677 g/mol. The fourth-order valence-electron chi connectivity index (χ4n) is 5.84. The number of halogens is 2. The number of hydrogen-bond acceptors (Lipinski definition) is 3. The van der Waals surface area contributed by atoms with Crippen LogP contribution in [0, 0.1) is 0 Å². The van der Waals surface area contributed by atoms with Gasteiger partial charge in [0.15, 0.2) is 5.82 Å². The second kappa shape index (κ2) is 11.9. The topological polar surface area (TPSA) is 39.9 Å². The van der Waals surface area contributed by atoms with E-state index in [4.69, 9.17) is 26.3 Å². The molecule has 2 aromatic heterocycles. The van der Waals surface area contributed by atoms with Crippen molar-refractivity contribution >= 4 is 49.3 Å². The molecule has 0 saturated heterocycles. The molecule has 0 fully saturated rings. The standard InChI is InChI=1S/C40H25BrClN3O/c41-29-18-20-32-33-21-19-31(46-39-17-8-7-16-34(39)42)24-38(33)45(37(32)23-29)30-15-9-14-28(22-30)40-43-35(26-10-3-1-4-11-26)25-36(44-40)27-12-5-2-6-13-27/h1-25H. The summed E-state index contributed by atoms with van der Waals surface area (Å²) in [5, 5.41) is 2.82. The van der Waals surface area contributed by atoms with Crippen LogP contribution >= 0.6 is 27.5 Å². The van der Waals surface area contributed by atoms with Crippen molar-refractivity contribution in [3.63, 3.8) is 0 Å². The first-order chi connectivity index (χ1) is 22.6. The molecule has 220 valence electrons. The van der Waals surface area contributed by atoms with Gasteiger partial charge in [-0.15, -0.1) is 0 Å². The van der Waals surface area contributed by atoms with Crippen molar-refractivity contribution in [1.29, 1.82) is 0 Å². The van der Waals surface area contributed by atoms with E-state index in [1.165, 1.54) is 0 Å². The van der Waals surface area contributed by atoms with Gasteiger partial charge >= 0.3 is 0 Å². The smallest absolute Gasteiger partial charge is 0.160 e. The predicted octanol–water partition coefficient (Wildman–Crippen LogP) is 11.8. The molecular weight excluding hydrogens is 654 g/mol. The first-order valence-corrected chi connectivity index (χ1v) is 16.0. The van der Waals surface area contributed by atoms with Crippen molar-refractivity contribution in [2.75, 3.05) is 0 Å². The molecule has 8 aromatic rings. The van der Waals surface area contributed by atoms with E-state index in [1.54, 1.807) is 0 Å². The van der Waals surface area contributed by atoms with Crippen LogP contribution < -0.4 is 4.74 Å². The lowest BCUT2D eigenvalue weighted by atomic mass is 10.1. The van der Waals surface area contributed by atoms with Crippen molar-refractivity contribution in [3.8, 4) is 51.1 Å². The van der Waals surface area contributed by atoms with Crippen LogP contribution in [0.5, 0.6) is 11.5 Å². The number of ether oxygens (including phenoxy) is 1. The number of para-hydroxylation sites is 1. The van der Waals surface area contributed by atoms with Gasteiger partial charge in [-0.2, -0.15) is 0 Å². The summed E-state index contributed by atoms with van der Waals surface area (Å²) in [6.45, 7) is 0. The third-order valence-electron chi connectivity index (χ3n) is 7.99. The Labute approximate surface area is 279 Å². The average Bonchev–Trinajstić information content (AvgIpc) is 3.42.